The molecule has 29 heavy (non-hydrogen) atoms. The van der Waals surface area contributed by atoms with Crippen molar-refractivity contribution in [2.24, 2.45) is 5.41 Å². The number of allylic oxidation sites excluding steroid dienone is 1. The predicted molar refractivity (Wildman–Crippen MR) is 125 cm³/mol. The molecule has 0 radical (unpaired) electrons. The lowest BCUT2D eigenvalue weighted by atomic mass is 9.74. The van der Waals surface area contributed by atoms with Crippen LogP contribution in [0.25, 0.3) is 6.08 Å². The molecule has 4 rings (SSSR count). The lowest BCUT2D eigenvalue weighted by molar-refractivity contribution is -0.118. The highest BCUT2D eigenvalue weighted by molar-refractivity contribution is 9.11. The van der Waals surface area contributed by atoms with E-state index in [-0.39, 0.29) is 17.2 Å². The van der Waals surface area contributed by atoms with Crippen LogP contribution in [0.1, 0.15) is 43.4 Å². The van der Waals surface area contributed by atoms with Gasteiger partial charge in [0.05, 0.1) is 17.4 Å². The number of anilines is 2. The number of aryl methyl sites for hydroxylation is 2. The maximum atomic E-state index is 13.3. The van der Waals surface area contributed by atoms with Gasteiger partial charge in [-0.05, 0) is 60.6 Å². The second kappa shape index (κ2) is 7.49. The second-order valence-electron chi connectivity index (χ2n) is 8.96. The molecule has 1 unspecified atom stereocenters. The van der Waals surface area contributed by atoms with Gasteiger partial charge in [-0.2, -0.15) is 0 Å². The first-order valence-corrected chi connectivity index (χ1v) is 10.9. The van der Waals surface area contributed by atoms with Gasteiger partial charge in [0.25, 0.3) is 0 Å². The van der Waals surface area contributed by atoms with Gasteiger partial charge in [0, 0.05) is 22.2 Å². The molecule has 0 bridgehead atoms. The summed E-state index contributed by atoms with van der Waals surface area (Å²) >= 11 is 3.80. The van der Waals surface area contributed by atoms with E-state index in [1.807, 2.05) is 18.2 Å². The predicted octanol–water partition coefficient (Wildman–Crippen LogP) is 6.59. The lowest BCUT2D eigenvalue weighted by Gasteiger charge is -2.34. The smallest absolute Gasteiger partial charge is 0.163 e. The molecular formula is C25H27BrN2O. The topological polar surface area (TPSA) is 41.1 Å². The molecule has 1 aliphatic heterocycles. The highest BCUT2D eigenvalue weighted by Gasteiger charge is 2.39. The third-order valence-electron chi connectivity index (χ3n) is 5.81. The van der Waals surface area contributed by atoms with Gasteiger partial charge in [-0.15, -0.1) is 0 Å². The van der Waals surface area contributed by atoms with Crippen LogP contribution in [0.2, 0.25) is 0 Å². The molecule has 2 N–H and O–H groups in total. The van der Waals surface area contributed by atoms with Crippen molar-refractivity contribution in [2.45, 2.75) is 46.6 Å². The van der Waals surface area contributed by atoms with Crippen LogP contribution in [0.3, 0.4) is 0 Å². The van der Waals surface area contributed by atoms with Crippen molar-refractivity contribution in [3.63, 3.8) is 0 Å². The van der Waals surface area contributed by atoms with Gasteiger partial charge in [-0.25, -0.2) is 0 Å². The minimum atomic E-state index is -0.218. The number of benzene rings is 2. The summed E-state index contributed by atoms with van der Waals surface area (Å²) in [4.78, 5) is 13.3. The minimum absolute atomic E-state index is 0.0483. The molecule has 2 aliphatic rings. The fraction of sp³-hybridized carbons (Fsp3) is 0.320. The third-order valence-corrected chi connectivity index (χ3v) is 6.49. The third kappa shape index (κ3) is 4.04. The number of ketones is 1. The van der Waals surface area contributed by atoms with Gasteiger partial charge < -0.3 is 10.6 Å². The van der Waals surface area contributed by atoms with Crippen LogP contribution < -0.4 is 10.6 Å². The van der Waals surface area contributed by atoms with Crippen molar-refractivity contribution in [3.05, 3.63) is 74.9 Å². The zero-order valence-corrected chi connectivity index (χ0v) is 19.0. The zero-order valence-electron chi connectivity index (χ0n) is 17.4. The van der Waals surface area contributed by atoms with Crippen LogP contribution in [0, 0.1) is 19.3 Å². The summed E-state index contributed by atoms with van der Waals surface area (Å²) in [6, 6.07) is 14.3. The normalized spacial score (nSPS) is 20.9. The molecule has 0 spiro atoms. The number of nitrogens with one attached hydrogen (secondary N) is 2. The molecule has 0 amide bonds. The number of fused-ring (bicyclic) bond motifs is 1. The zero-order chi connectivity index (χ0) is 20.8. The standard InChI is InChI=1S/C25H27BrN2O/c1-15-10-19-20(11-16(15)2)28-24(18(26)12-17-8-6-5-7-9-17)23-21(27-19)13-25(3,4)14-22(23)29/h5-12,24,27-28H,13-14H2,1-4H3/b18-12-. The number of halogens is 1. The van der Waals surface area contributed by atoms with Gasteiger partial charge in [0.1, 0.15) is 0 Å². The van der Waals surface area contributed by atoms with E-state index in [1.165, 1.54) is 11.1 Å². The van der Waals surface area contributed by atoms with Crippen LogP contribution in [0.4, 0.5) is 11.4 Å². The van der Waals surface area contributed by atoms with Crippen LogP contribution >= 0.6 is 15.9 Å². The molecule has 4 heteroatoms. The maximum absolute atomic E-state index is 13.3. The summed E-state index contributed by atoms with van der Waals surface area (Å²) in [7, 11) is 0. The quantitative estimate of drug-likeness (QED) is 0.541. The number of rotatable bonds is 2. The fourth-order valence-corrected chi connectivity index (χ4v) is 4.82. The van der Waals surface area contributed by atoms with Crippen LogP contribution in [0.5, 0.6) is 0 Å². The average molecular weight is 451 g/mol. The van der Waals surface area contributed by atoms with E-state index in [0.717, 1.165) is 39.1 Å². The molecule has 2 aromatic rings. The SMILES string of the molecule is Cc1cc2c(cc1C)NC(/C(Br)=C/c1ccccc1)C1=C(CC(C)(C)CC1=O)N2. The number of hydrogen-bond donors (Lipinski definition) is 2. The van der Waals surface area contributed by atoms with Crippen LogP contribution in [-0.2, 0) is 4.79 Å². The summed E-state index contributed by atoms with van der Waals surface area (Å²) in [6.45, 7) is 8.57. The van der Waals surface area contributed by atoms with Gasteiger partial charge in [-0.1, -0.05) is 60.1 Å². The molecular weight excluding hydrogens is 424 g/mol. The van der Waals surface area contributed by atoms with E-state index in [9.17, 15) is 4.79 Å². The summed E-state index contributed by atoms with van der Waals surface area (Å²) in [5.74, 6) is 0.209. The van der Waals surface area contributed by atoms with Crippen molar-refractivity contribution in [2.75, 3.05) is 10.6 Å². The Bertz CT molecular complexity index is 1030. The largest absolute Gasteiger partial charge is 0.372 e. The highest BCUT2D eigenvalue weighted by atomic mass is 79.9. The second-order valence-corrected chi connectivity index (χ2v) is 9.87. The number of Topliss-reactive ketones (excluding diaryl/α,β-unsaturated/α-hetero) is 1. The Morgan fingerprint density at radius 1 is 1.07 bits per heavy atom. The Hall–Kier alpha value is -2.33. The summed E-state index contributed by atoms with van der Waals surface area (Å²) in [5, 5.41) is 7.26. The van der Waals surface area contributed by atoms with Gasteiger partial charge in [0.15, 0.2) is 5.78 Å². The summed E-state index contributed by atoms with van der Waals surface area (Å²) < 4.78 is 0.956. The maximum Gasteiger partial charge on any atom is 0.163 e. The van der Waals surface area contributed by atoms with Gasteiger partial charge >= 0.3 is 0 Å². The van der Waals surface area contributed by atoms with Crippen molar-refractivity contribution >= 4 is 39.2 Å². The number of carbonyl (C=O) groups excluding carboxylic acids is 1. The molecule has 150 valence electrons. The van der Waals surface area contributed by atoms with E-state index in [2.05, 4.69) is 84.6 Å². The molecule has 1 aliphatic carbocycles. The Kier molecular flexibility index (Phi) is 5.16. The van der Waals surface area contributed by atoms with Crippen molar-refractivity contribution < 1.29 is 4.79 Å². The van der Waals surface area contributed by atoms with Crippen LogP contribution in [-0.4, -0.2) is 11.8 Å². The van der Waals surface area contributed by atoms with E-state index in [1.54, 1.807) is 0 Å². The molecule has 0 saturated heterocycles. The Morgan fingerprint density at radius 3 is 2.41 bits per heavy atom. The summed E-state index contributed by atoms with van der Waals surface area (Å²) in [5.41, 5.74) is 7.45. The number of hydrogen-bond acceptors (Lipinski definition) is 3. The molecule has 0 aromatic heterocycles. The van der Waals surface area contributed by atoms with E-state index in [0.29, 0.717) is 6.42 Å². The average Bonchev–Trinajstić information content (AvgIpc) is 2.78. The first kappa shape index (κ1) is 20.0. The highest BCUT2D eigenvalue weighted by Crippen LogP contribution is 2.44. The Labute approximate surface area is 181 Å². The molecule has 1 atom stereocenters. The van der Waals surface area contributed by atoms with Crippen LogP contribution in [0.15, 0.2) is 58.2 Å². The van der Waals surface area contributed by atoms with E-state index >= 15 is 0 Å². The first-order valence-electron chi connectivity index (χ1n) is 10.1. The van der Waals surface area contributed by atoms with E-state index in [4.69, 9.17) is 0 Å². The summed E-state index contributed by atoms with van der Waals surface area (Å²) in [6.07, 6.45) is 3.51. The monoisotopic (exact) mass is 450 g/mol. The van der Waals surface area contributed by atoms with Gasteiger partial charge in [-0.3, -0.25) is 4.79 Å². The van der Waals surface area contributed by atoms with Gasteiger partial charge in [0.2, 0.25) is 0 Å². The van der Waals surface area contributed by atoms with Crippen molar-refractivity contribution in [1.82, 2.24) is 0 Å². The Morgan fingerprint density at radius 2 is 1.72 bits per heavy atom. The van der Waals surface area contributed by atoms with Crippen molar-refractivity contribution in [3.8, 4) is 0 Å². The molecule has 2 aromatic carbocycles. The molecule has 3 nitrogen and oxygen atoms in total. The fourth-order valence-electron chi connectivity index (χ4n) is 4.21. The minimum Gasteiger partial charge on any atom is -0.372 e. The molecule has 1 heterocycles. The van der Waals surface area contributed by atoms with Crippen molar-refractivity contribution in [1.29, 1.82) is 0 Å². The Balaban J connectivity index is 1.85. The van der Waals surface area contributed by atoms with E-state index < -0.39 is 0 Å². The molecule has 0 saturated carbocycles. The first-order chi connectivity index (χ1) is 13.7. The molecule has 0 fully saturated rings. The number of carbonyl (C=O) groups is 1. The lowest BCUT2D eigenvalue weighted by Crippen LogP contribution is -2.35.